The van der Waals surface area contributed by atoms with Gasteiger partial charge in [-0.2, -0.15) is 0 Å². The first-order valence-electron chi connectivity index (χ1n) is 10.2. The minimum absolute atomic E-state index is 0.131. The summed E-state index contributed by atoms with van der Waals surface area (Å²) in [5.41, 5.74) is 1.72. The molecule has 0 saturated heterocycles. The van der Waals surface area contributed by atoms with E-state index < -0.39 is 6.04 Å². The molecule has 2 aromatic carbocycles. The van der Waals surface area contributed by atoms with Crippen molar-refractivity contribution in [2.24, 2.45) is 0 Å². The lowest BCUT2D eigenvalue weighted by Gasteiger charge is -2.31. The summed E-state index contributed by atoms with van der Waals surface area (Å²) in [7, 11) is 0. The second-order valence-electron chi connectivity index (χ2n) is 7.06. The maximum absolute atomic E-state index is 13.2. The van der Waals surface area contributed by atoms with Crippen LogP contribution in [0.2, 0.25) is 15.1 Å². The van der Waals surface area contributed by atoms with Crippen molar-refractivity contribution in [1.29, 1.82) is 0 Å². The molecule has 1 N–H and O–H groups in total. The smallest absolute Gasteiger partial charge is 0.242 e. The fourth-order valence-corrected chi connectivity index (χ4v) is 4.57. The van der Waals surface area contributed by atoms with E-state index in [1.807, 2.05) is 38.1 Å². The molecule has 0 saturated carbocycles. The zero-order valence-corrected chi connectivity index (χ0v) is 20.8. The van der Waals surface area contributed by atoms with Crippen LogP contribution in [0.3, 0.4) is 0 Å². The third-order valence-corrected chi connectivity index (χ3v) is 6.68. The molecule has 1 atom stereocenters. The van der Waals surface area contributed by atoms with Gasteiger partial charge in [-0.3, -0.25) is 9.59 Å². The molecule has 0 spiro atoms. The SMILES string of the molecule is CCCNC(=O)C(CC)N(Cc1c(Cl)cccc1Cl)C(=O)CSCc1ccc(Cl)cc1. The molecule has 0 aromatic heterocycles. The van der Waals surface area contributed by atoms with Crippen LogP contribution in [0, 0.1) is 0 Å². The highest BCUT2D eigenvalue weighted by Crippen LogP contribution is 2.27. The van der Waals surface area contributed by atoms with E-state index in [9.17, 15) is 9.59 Å². The lowest BCUT2D eigenvalue weighted by Crippen LogP contribution is -2.49. The standard InChI is InChI=1S/C23H27Cl3N2O2S/c1-3-12-27-23(30)21(4-2)28(13-18-19(25)6-5-7-20(18)26)22(29)15-31-14-16-8-10-17(24)11-9-16/h5-11,21H,3-4,12-15H2,1-2H3,(H,27,30). The maximum atomic E-state index is 13.2. The molecule has 31 heavy (non-hydrogen) atoms. The minimum atomic E-state index is -0.595. The van der Waals surface area contributed by atoms with Crippen LogP contribution < -0.4 is 5.32 Å². The van der Waals surface area contributed by atoms with Crippen LogP contribution in [-0.4, -0.2) is 35.1 Å². The topological polar surface area (TPSA) is 49.4 Å². The Labute approximate surface area is 203 Å². The molecule has 2 rings (SSSR count). The Bertz CT molecular complexity index is 857. The van der Waals surface area contributed by atoms with E-state index in [0.717, 1.165) is 12.0 Å². The van der Waals surface area contributed by atoms with Crippen LogP contribution in [0.4, 0.5) is 0 Å². The summed E-state index contributed by atoms with van der Waals surface area (Å²) in [6.45, 7) is 4.62. The number of thioether (sulfide) groups is 1. The molecule has 1 unspecified atom stereocenters. The number of halogens is 3. The summed E-state index contributed by atoms with van der Waals surface area (Å²) < 4.78 is 0. The first kappa shape index (κ1) is 25.9. The number of benzene rings is 2. The van der Waals surface area contributed by atoms with Crippen LogP contribution in [0.25, 0.3) is 0 Å². The highest BCUT2D eigenvalue weighted by atomic mass is 35.5. The predicted molar refractivity (Wildman–Crippen MR) is 132 cm³/mol. The van der Waals surface area contributed by atoms with E-state index in [1.165, 1.54) is 11.8 Å². The number of carbonyl (C=O) groups is 2. The molecule has 2 amide bonds. The van der Waals surface area contributed by atoms with Gasteiger partial charge in [0.2, 0.25) is 11.8 Å². The maximum Gasteiger partial charge on any atom is 0.242 e. The average Bonchev–Trinajstić information content (AvgIpc) is 2.75. The van der Waals surface area contributed by atoms with Crippen LogP contribution in [-0.2, 0) is 21.9 Å². The molecule has 0 aliphatic rings. The van der Waals surface area contributed by atoms with Gasteiger partial charge >= 0.3 is 0 Å². The van der Waals surface area contributed by atoms with E-state index in [0.29, 0.717) is 39.3 Å². The van der Waals surface area contributed by atoms with E-state index in [1.54, 1.807) is 23.1 Å². The van der Waals surface area contributed by atoms with Crippen molar-refractivity contribution in [1.82, 2.24) is 10.2 Å². The lowest BCUT2D eigenvalue weighted by molar-refractivity contribution is -0.139. The van der Waals surface area contributed by atoms with Crippen molar-refractivity contribution in [2.45, 2.75) is 45.0 Å². The number of nitrogens with zero attached hydrogens (tertiary/aromatic N) is 1. The fraction of sp³-hybridized carbons (Fsp3) is 0.391. The quantitative estimate of drug-likeness (QED) is 0.398. The van der Waals surface area contributed by atoms with Gasteiger partial charge < -0.3 is 10.2 Å². The minimum Gasteiger partial charge on any atom is -0.354 e. The van der Waals surface area contributed by atoms with Gasteiger partial charge in [0.1, 0.15) is 6.04 Å². The van der Waals surface area contributed by atoms with Crippen molar-refractivity contribution in [3.05, 3.63) is 68.7 Å². The van der Waals surface area contributed by atoms with Gasteiger partial charge in [0, 0.05) is 39.5 Å². The van der Waals surface area contributed by atoms with Crippen molar-refractivity contribution in [2.75, 3.05) is 12.3 Å². The number of hydrogen-bond acceptors (Lipinski definition) is 3. The molecule has 0 radical (unpaired) electrons. The van der Waals surface area contributed by atoms with E-state index in [2.05, 4.69) is 5.32 Å². The lowest BCUT2D eigenvalue weighted by atomic mass is 10.1. The number of hydrogen-bond donors (Lipinski definition) is 1. The Morgan fingerprint density at radius 3 is 2.26 bits per heavy atom. The monoisotopic (exact) mass is 500 g/mol. The second-order valence-corrected chi connectivity index (χ2v) is 9.29. The van der Waals surface area contributed by atoms with Gasteiger partial charge in [-0.15, -0.1) is 11.8 Å². The van der Waals surface area contributed by atoms with Gasteiger partial charge in [-0.25, -0.2) is 0 Å². The average molecular weight is 502 g/mol. The zero-order chi connectivity index (χ0) is 22.8. The molecule has 8 heteroatoms. The highest BCUT2D eigenvalue weighted by Gasteiger charge is 2.29. The first-order valence-corrected chi connectivity index (χ1v) is 12.5. The number of amides is 2. The molecule has 0 fully saturated rings. The number of rotatable bonds is 11. The van der Waals surface area contributed by atoms with Crippen molar-refractivity contribution in [3.8, 4) is 0 Å². The Balaban J connectivity index is 2.17. The van der Waals surface area contributed by atoms with Crippen molar-refractivity contribution in [3.63, 3.8) is 0 Å². The van der Waals surface area contributed by atoms with Crippen LogP contribution in [0.1, 0.15) is 37.8 Å². The first-order chi connectivity index (χ1) is 14.9. The van der Waals surface area contributed by atoms with Gasteiger partial charge in [-0.1, -0.05) is 66.8 Å². The van der Waals surface area contributed by atoms with E-state index in [4.69, 9.17) is 34.8 Å². The van der Waals surface area contributed by atoms with Crippen LogP contribution in [0.15, 0.2) is 42.5 Å². The summed E-state index contributed by atoms with van der Waals surface area (Å²) in [5.74, 6) is 0.613. The highest BCUT2D eigenvalue weighted by molar-refractivity contribution is 7.99. The molecule has 4 nitrogen and oxygen atoms in total. The normalized spacial score (nSPS) is 11.8. The second kappa shape index (κ2) is 13.2. The molecular formula is C23H27Cl3N2O2S. The third-order valence-electron chi connectivity index (χ3n) is 4.73. The Morgan fingerprint density at radius 2 is 1.68 bits per heavy atom. The van der Waals surface area contributed by atoms with Crippen LogP contribution >= 0.6 is 46.6 Å². The van der Waals surface area contributed by atoms with Gasteiger partial charge in [-0.05, 0) is 42.7 Å². The van der Waals surface area contributed by atoms with Gasteiger partial charge in [0.05, 0.1) is 5.75 Å². The third kappa shape index (κ3) is 7.90. The molecule has 0 aliphatic heterocycles. The Morgan fingerprint density at radius 1 is 1.03 bits per heavy atom. The van der Waals surface area contributed by atoms with Crippen molar-refractivity contribution < 1.29 is 9.59 Å². The van der Waals surface area contributed by atoms with E-state index >= 15 is 0 Å². The number of carbonyl (C=O) groups excluding carboxylic acids is 2. The zero-order valence-electron chi connectivity index (χ0n) is 17.7. The molecule has 2 aromatic rings. The summed E-state index contributed by atoms with van der Waals surface area (Å²) >= 11 is 20.1. The van der Waals surface area contributed by atoms with Gasteiger partial charge in [0.15, 0.2) is 0 Å². The molecule has 0 heterocycles. The summed E-state index contributed by atoms with van der Waals surface area (Å²) in [6.07, 6.45) is 1.31. The predicted octanol–water partition coefficient (Wildman–Crippen LogP) is 6.21. The number of nitrogens with one attached hydrogen (secondary N) is 1. The van der Waals surface area contributed by atoms with Crippen LogP contribution in [0.5, 0.6) is 0 Å². The largest absolute Gasteiger partial charge is 0.354 e. The molecular weight excluding hydrogens is 475 g/mol. The summed E-state index contributed by atoms with van der Waals surface area (Å²) in [6, 6.07) is 12.2. The summed E-state index contributed by atoms with van der Waals surface area (Å²) in [5, 5.41) is 4.53. The Kier molecular flexibility index (Phi) is 11.0. The van der Waals surface area contributed by atoms with E-state index in [-0.39, 0.29) is 24.1 Å². The summed E-state index contributed by atoms with van der Waals surface area (Å²) in [4.78, 5) is 27.6. The fourth-order valence-electron chi connectivity index (χ4n) is 3.06. The van der Waals surface area contributed by atoms with Gasteiger partial charge in [0.25, 0.3) is 0 Å². The molecule has 0 bridgehead atoms. The molecule has 168 valence electrons. The van der Waals surface area contributed by atoms with Crippen molar-refractivity contribution >= 4 is 58.4 Å². The molecule has 0 aliphatic carbocycles. The Hall–Kier alpha value is -1.40.